The van der Waals surface area contributed by atoms with Gasteiger partial charge in [-0.2, -0.15) is 0 Å². The lowest BCUT2D eigenvalue weighted by Gasteiger charge is -2.26. The van der Waals surface area contributed by atoms with Crippen molar-refractivity contribution in [3.63, 3.8) is 0 Å². The highest BCUT2D eigenvalue weighted by molar-refractivity contribution is 5.68. The molecule has 116 valence electrons. The summed E-state index contributed by atoms with van der Waals surface area (Å²) in [6.45, 7) is 8.55. The van der Waals surface area contributed by atoms with E-state index in [0.717, 1.165) is 38.4 Å². The van der Waals surface area contributed by atoms with Gasteiger partial charge >= 0.3 is 6.09 Å². The maximum Gasteiger partial charge on any atom is 0.410 e. The van der Waals surface area contributed by atoms with Crippen molar-refractivity contribution in [1.29, 1.82) is 0 Å². The molecule has 0 radical (unpaired) electrons. The Kier molecular flexibility index (Phi) is 5.30. The van der Waals surface area contributed by atoms with E-state index in [1.165, 1.54) is 25.7 Å². The van der Waals surface area contributed by atoms with Crippen LogP contribution >= 0.6 is 0 Å². The number of carbonyl (C=O) groups is 1. The molecular weight excluding hydrogens is 252 g/mol. The number of nitrogens with zero attached hydrogens (tertiary/aromatic N) is 1. The van der Waals surface area contributed by atoms with E-state index in [-0.39, 0.29) is 6.09 Å². The highest BCUT2D eigenvalue weighted by Gasteiger charge is 2.25. The van der Waals surface area contributed by atoms with Crippen LogP contribution in [0.15, 0.2) is 0 Å². The molecule has 0 aromatic heterocycles. The largest absolute Gasteiger partial charge is 0.444 e. The number of likely N-dealkylation sites (tertiary alicyclic amines) is 1. The van der Waals surface area contributed by atoms with E-state index in [2.05, 4.69) is 5.32 Å². The number of hydrogen-bond donors (Lipinski definition) is 1. The van der Waals surface area contributed by atoms with E-state index in [0.29, 0.717) is 6.04 Å². The van der Waals surface area contributed by atoms with Gasteiger partial charge in [-0.1, -0.05) is 12.8 Å². The first-order valence-electron chi connectivity index (χ1n) is 8.15. The summed E-state index contributed by atoms with van der Waals surface area (Å²) in [6, 6.07) is 0.571. The van der Waals surface area contributed by atoms with Crippen molar-refractivity contribution in [2.24, 2.45) is 5.92 Å². The lowest BCUT2D eigenvalue weighted by molar-refractivity contribution is 0.0256. The van der Waals surface area contributed by atoms with Crippen LogP contribution in [0.4, 0.5) is 4.79 Å². The number of rotatable bonds is 4. The molecule has 0 aromatic carbocycles. The SMILES string of the molecule is CC(C)(C)OC(=O)N1CCCC(NCCC2CC2)CC1. The fraction of sp³-hybridized carbons (Fsp3) is 0.938. The maximum absolute atomic E-state index is 12.1. The Morgan fingerprint density at radius 3 is 2.60 bits per heavy atom. The summed E-state index contributed by atoms with van der Waals surface area (Å²) >= 11 is 0. The predicted octanol–water partition coefficient (Wildman–Crippen LogP) is 3.17. The molecule has 0 aromatic rings. The molecule has 1 N–H and O–H groups in total. The molecular formula is C16H30N2O2. The number of nitrogens with one attached hydrogen (secondary N) is 1. The Bertz CT molecular complexity index is 321. The van der Waals surface area contributed by atoms with Crippen LogP contribution in [0.3, 0.4) is 0 Å². The first-order valence-corrected chi connectivity index (χ1v) is 8.15. The average molecular weight is 282 g/mol. The maximum atomic E-state index is 12.1. The molecule has 4 nitrogen and oxygen atoms in total. The van der Waals surface area contributed by atoms with Gasteiger partial charge in [0.1, 0.15) is 5.60 Å². The predicted molar refractivity (Wildman–Crippen MR) is 80.8 cm³/mol. The van der Waals surface area contributed by atoms with E-state index in [4.69, 9.17) is 4.74 Å². The van der Waals surface area contributed by atoms with E-state index < -0.39 is 5.60 Å². The summed E-state index contributed by atoms with van der Waals surface area (Å²) < 4.78 is 5.46. The molecule has 1 unspecified atom stereocenters. The van der Waals surface area contributed by atoms with E-state index in [1.54, 1.807) is 0 Å². The third kappa shape index (κ3) is 5.70. The van der Waals surface area contributed by atoms with Crippen molar-refractivity contribution >= 4 is 6.09 Å². The topological polar surface area (TPSA) is 41.6 Å². The fourth-order valence-corrected chi connectivity index (χ4v) is 2.71. The first-order chi connectivity index (χ1) is 9.44. The summed E-state index contributed by atoms with van der Waals surface area (Å²) in [5.74, 6) is 0.992. The Hall–Kier alpha value is -0.770. The van der Waals surface area contributed by atoms with Crippen molar-refractivity contribution in [2.45, 2.75) is 70.9 Å². The molecule has 0 bridgehead atoms. The minimum absolute atomic E-state index is 0.156. The molecule has 2 rings (SSSR count). The highest BCUT2D eigenvalue weighted by Crippen LogP contribution is 2.31. The summed E-state index contributed by atoms with van der Waals surface area (Å²) in [5, 5.41) is 3.66. The molecule has 1 heterocycles. The van der Waals surface area contributed by atoms with Gasteiger partial charge in [0.25, 0.3) is 0 Å². The Morgan fingerprint density at radius 2 is 1.95 bits per heavy atom. The number of carbonyl (C=O) groups excluding carboxylic acids is 1. The first kappa shape index (κ1) is 15.6. The van der Waals surface area contributed by atoms with Gasteiger partial charge in [-0.3, -0.25) is 0 Å². The van der Waals surface area contributed by atoms with Gasteiger partial charge in [0.2, 0.25) is 0 Å². The van der Waals surface area contributed by atoms with Crippen LogP contribution in [0, 0.1) is 5.92 Å². The van der Waals surface area contributed by atoms with Crippen molar-refractivity contribution in [3.8, 4) is 0 Å². The zero-order valence-electron chi connectivity index (χ0n) is 13.3. The van der Waals surface area contributed by atoms with Gasteiger partial charge in [0.05, 0.1) is 0 Å². The van der Waals surface area contributed by atoms with E-state index >= 15 is 0 Å². The second-order valence-corrected chi connectivity index (χ2v) is 7.28. The Labute approximate surface area is 123 Å². The average Bonchev–Trinajstić information content (AvgIpc) is 3.13. The Morgan fingerprint density at radius 1 is 1.20 bits per heavy atom. The second-order valence-electron chi connectivity index (χ2n) is 7.28. The molecule has 1 atom stereocenters. The van der Waals surface area contributed by atoms with Crippen LogP contribution in [0.5, 0.6) is 0 Å². The molecule has 1 aliphatic heterocycles. The zero-order chi connectivity index (χ0) is 14.6. The van der Waals surface area contributed by atoms with Crippen LogP contribution in [0.2, 0.25) is 0 Å². The van der Waals surface area contributed by atoms with Gasteiger partial charge in [0.15, 0.2) is 0 Å². The quantitative estimate of drug-likeness (QED) is 0.861. The number of ether oxygens (including phenoxy) is 1. The monoisotopic (exact) mass is 282 g/mol. The Balaban J connectivity index is 1.69. The van der Waals surface area contributed by atoms with Crippen LogP contribution in [-0.2, 0) is 4.74 Å². The van der Waals surface area contributed by atoms with Gasteiger partial charge in [-0.15, -0.1) is 0 Å². The van der Waals surface area contributed by atoms with Gasteiger partial charge in [-0.05, 0) is 58.9 Å². The lowest BCUT2D eigenvalue weighted by Crippen LogP contribution is -2.38. The summed E-state index contributed by atoms with van der Waals surface area (Å²) in [7, 11) is 0. The van der Waals surface area contributed by atoms with Crippen molar-refractivity contribution in [3.05, 3.63) is 0 Å². The molecule has 1 saturated heterocycles. The van der Waals surface area contributed by atoms with Crippen LogP contribution in [0.1, 0.15) is 59.3 Å². The minimum Gasteiger partial charge on any atom is -0.444 e. The van der Waals surface area contributed by atoms with E-state index in [9.17, 15) is 4.79 Å². The molecule has 4 heteroatoms. The van der Waals surface area contributed by atoms with Gasteiger partial charge in [0, 0.05) is 19.1 Å². The number of hydrogen-bond acceptors (Lipinski definition) is 3. The molecule has 1 saturated carbocycles. The van der Waals surface area contributed by atoms with Gasteiger partial charge in [-0.25, -0.2) is 4.79 Å². The number of amides is 1. The zero-order valence-corrected chi connectivity index (χ0v) is 13.3. The van der Waals surface area contributed by atoms with Crippen LogP contribution in [0.25, 0.3) is 0 Å². The molecule has 20 heavy (non-hydrogen) atoms. The lowest BCUT2D eigenvalue weighted by atomic mass is 10.1. The summed E-state index contributed by atoms with van der Waals surface area (Å²) in [6.07, 6.45) is 7.31. The summed E-state index contributed by atoms with van der Waals surface area (Å²) in [4.78, 5) is 13.9. The third-order valence-electron chi connectivity index (χ3n) is 4.06. The molecule has 2 fully saturated rings. The molecule has 0 spiro atoms. The van der Waals surface area contributed by atoms with Crippen LogP contribution < -0.4 is 5.32 Å². The minimum atomic E-state index is -0.398. The van der Waals surface area contributed by atoms with Crippen molar-refractivity contribution in [1.82, 2.24) is 10.2 Å². The molecule has 1 aliphatic carbocycles. The summed E-state index contributed by atoms with van der Waals surface area (Å²) in [5.41, 5.74) is -0.398. The molecule has 2 aliphatic rings. The second kappa shape index (κ2) is 6.79. The highest BCUT2D eigenvalue weighted by atomic mass is 16.6. The third-order valence-corrected chi connectivity index (χ3v) is 4.06. The smallest absolute Gasteiger partial charge is 0.410 e. The van der Waals surface area contributed by atoms with Gasteiger partial charge < -0.3 is 15.0 Å². The standard InChI is InChI=1S/C16H30N2O2/c1-16(2,3)20-15(19)18-11-4-5-14(9-12-18)17-10-8-13-6-7-13/h13-14,17H,4-12H2,1-3H3. The van der Waals surface area contributed by atoms with Crippen molar-refractivity contribution < 1.29 is 9.53 Å². The molecule has 1 amide bonds. The van der Waals surface area contributed by atoms with Crippen molar-refractivity contribution in [2.75, 3.05) is 19.6 Å². The van der Waals surface area contributed by atoms with E-state index in [1.807, 2.05) is 25.7 Å². The normalized spacial score (nSPS) is 24.4. The fourth-order valence-electron chi connectivity index (χ4n) is 2.71. The van der Waals surface area contributed by atoms with Crippen LogP contribution in [-0.4, -0.2) is 42.3 Å².